The number of carbonyl (C=O) groups is 1. The molecule has 0 saturated heterocycles. The predicted molar refractivity (Wildman–Crippen MR) is 106 cm³/mol. The number of pyridine rings is 1. The Morgan fingerprint density at radius 1 is 1.14 bits per heavy atom. The summed E-state index contributed by atoms with van der Waals surface area (Å²) < 4.78 is 0. The standard InChI is InChI=1S/C22H23N3O3/c26-18-9-10-19-22(12-3-1-2-4-13-22)17-7-5-6-16(17)21(18)24(19)20-11-8-15(14-23-20)25(27)28/h5,7-11,14,19,21H,1-4,6,12-13H2/t19-,21-/m1/s1. The maximum absolute atomic E-state index is 12.9. The summed E-state index contributed by atoms with van der Waals surface area (Å²) in [5.41, 5.74) is 2.54. The molecule has 1 aromatic heterocycles. The van der Waals surface area contributed by atoms with Crippen molar-refractivity contribution in [3.63, 3.8) is 0 Å². The zero-order valence-electron chi connectivity index (χ0n) is 15.7. The Morgan fingerprint density at radius 3 is 2.61 bits per heavy atom. The molecule has 28 heavy (non-hydrogen) atoms. The van der Waals surface area contributed by atoms with Gasteiger partial charge >= 0.3 is 0 Å². The number of hydrogen-bond donors (Lipinski definition) is 0. The molecule has 6 nitrogen and oxygen atoms in total. The molecule has 0 aromatic carbocycles. The molecule has 3 heterocycles. The van der Waals surface area contributed by atoms with Crippen molar-refractivity contribution in [1.29, 1.82) is 0 Å². The van der Waals surface area contributed by atoms with Crippen molar-refractivity contribution in [2.45, 2.75) is 57.0 Å². The van der Waals surface area contributed by atoms with Gasteiger partial charge in [0.15, 0.2) is 5.78 Å². The van der Waals surface area contributed by atoms with Crippen molar-refractivity contribution in [2.75, 3.05) is 4.90 Å². The van der Waals surface area contributed by atoms with Crippen molar-refractivity contribution in [3.8, 4) is 0 Å². The van der Waals surface area contributed by atoms with Crippen LogP contribution in [-0.4, -0.2) is 27.8 Å². The van der Waals surface area contributed by atoms with Crippen molar-refractivity contribution in [3.05, 3.63) is 63.9 Å². The molecule has 144 valence electrons. The first-order valence-corrected chi connectivity index (χ1v) is 10.1. The SMILES string of the molecule is O=C1C=C[C@H]2N(c3ccc([N+](=O)[O-])cn3)[C@@H]1C1=C(C=CC1)C21CCCCCC1. The number of nitro groups is 1. The number of anilines is 1. The topological polar surface area (TPSA) is 76.3 Å². The second-order valence-corrected chi connectivity index (χ2v) is 8.26. The molecule has 2 bridgehead atoms. The van der Waals surface area contributed by atoms with Crippen LogP contribution in [0.4, 0.5) is 11.5 Å². The predicted octanol–water partition coefficient (Wildman–Crippen LogP) is 4.28. The Balaban J connectivity index is 1.67. The highest BCUT2D eigenvalue weighted by molar-refractivity contribution is 6.02. The van der Waals surface area contributed by atoms with Crippen molar-refractivity contribution in [2.24, 2.45) is 5.41 Å². The summed E-state index contributed by atoms with van der Waals surface area (Å²) in [6, 6.07) is 2.90. The molecule has 0 unspecified atom stereocenters. The molecule has 6 heteroatoms. The summed E-state index contributed by atoms with van der Waals surface area (Å²) >= 11 is 0. The van der Waals surface area contributed by atoms with Gasteiger partial charge in [0.05, 0.1) is 11.0 Å². The van der Waals surface area contributed by atoms with Crippen LogP contribution in [0, 0.1) is 15.5 Å². The fourth-order valence-electron chi connectivity index (χ4n) is 5.72. The number of ketones is 1. The van der Waals surface area contributed by atoms with Crippen LogP contribution in [0.1, 0.15) is 44.9 Å². The van der Waals surface area contributed by atoms with Crippen LogP contribution >= 0.6 is 0 Å². The molecule has 0 N–H and O–H groups in total. The first-order valence-electron chi connectivity index (χ1n) is 10.1. The highest BCUT2D eigenvalue weighted by Gasteiger charge is 2.54. The van der Waals surface area contributed by atoms with E-state index >= 15 is 0 Å². The number of allylic oxidation sites excluding steroid dienone is 2. The molecule has 1 saturated carbocycles. The molecule has 0 radical (unpaired) electrons. The fraction of sp³-hybridized carbons (Fsp3) is 0.455. The van der Waals surface area contributed by atoms with E-state index in [4.69, 9.17) is 0 Å². The summed E-state index contributed by atoms with van der Waals surface area (Å²) in [4.78, 5) is 30.1. The van der Waals surface area contributed by atoms with Crippen molar-refractivity contribution in [1.82, 2.24) is 4.98 Å². The van der Waals surface area contributed by atoms with Gasteiger partial charge in [0, 0.05) is 11.5 Å². The van der Waals surface area contributed by atoms with E-state index in [1.165, 1.54) is 49.1 Å². The molecule has 0 amide bonds. The van der Waals surface area contributed by atoms with Gasteiger partial charge in [-0.15, -0.1) is 0 Å². The average Bonchev–Trinajstić information content (AvgIpc) is 3.07. The van der Waals surface area contributed by atoms with Crippen LogP contribution in [-0.2, 0) is 4.79 Å². The molecule has 2 aliphatic heterocycles. The van der Waals surface area contributed by atoms with Crippen LogP contribution < -0.4 is 4.90 Å². The lowest BCUT2D eigenvalue weighted by atomic mass is 9.62. The molecular weight excluding hydrogens is 354 g/mol. The Labute approximate surface area is 163 Å². The molecule has 1 fully saturated rings. The molecular formula is C22H23N3O3. The first kappa shape index (κ1) is 17.3. The maximum atomic E-state index is 12.9. The molecule has 1 spiro atoms. The molecule has 2 aliphatic carbocycles. The summed E-state index contributed by atoms with van der Waals surface area (Å²) in [6.07, 6.45) is 17.5. The highest BCUT2D eigenvalue weighted by Crippen LogP contribution is 2.56. The summed E-state index contributed by atoms with van der Waals surface area (Å²) in [5.74, 6) is 0.733. The smallest absolute Gasteiger partial charge is 0.287 e. The van der Waals surface area contributed by atoms with Gasteiger partial charge in [-0.05, 0) is 42.6 Å². The number of nitrogens with zero attached hydrogens (tertiary/aromatic N) is 3. The minimum atomic E-state index is -0.437. The van der Waals surface area contributed by atoms with Gasteiger partial charge in [0.25, 0.3) is 5.69 Å². The lowest BCUT2D eigenvalue weighted by Crippen LogP contribution is -2.61. The second-order valence-electron chi connectivity index (χ2n) is 8.26. The van der Waals surface area contributed by atoms with Crippen LogP contribution in [0.5, 0.6) is 0 Å². The number of hydrogen-bond acceptors (Lipinski definition) is 5. The third-order valence-electron chi connectivity index (χ3n) is 6.89. The number of aromatic nitrogens is 1. The Morgan fingerprint density at radius 2 is 1.93 bits per heavy atom. The third-order valence-corrected chi connectivity index (χ3v) is 6.89. The number of carbonyl (C=O) groups excluding carboxylic acids is 1. The van der Waals surface area contributed by atoms with Gasteiger partial charge in [-0.1, -0.05) is 43.9 Å². The molecule has 4 aliphatic rings. The van der Waals surface area contributed by atoms with Gasteiger partial charge in [-0.25, -0.2) is 4.98 Å². The van der Waals surface area contributed by atoms with E-state index in [2.05, 4.69) is 28.1 Å². The van der Waals surface area contributed by atoms with E-state index in [-0.39, 0.29) is 29.0 Å². The van der Waals surface area contributed by atoms with E-state index in [1.54, 1.807) is 12.1 Å². The summed E-state index contributed by atoms with van der Waals surface area (Å²) in [7, 11) is 0. The Hall–Kier alpha value is -2.76. The molecule has 1 aromatic rings. The summed E-state index contributed by atoms with van der Waals surface area (Å²) in [6.45, 7) is 0. The number of fused-ring (bicyclic) bond motifs is 5. The van der Waals surface area contributed by atoms with Crippen LogP contribution in [0.15, 0.2) is 53.8 Å². The third kappa shape index (κ3) is 2.40. The van der Waals surface area contributed by atoms with E-state index in [1.807, 2.05) is 0 Å². The monoisotopic (exact) mass is 377 g/mol. The van der Waals surface area contributed by atoms with Crippen molar-refractivity contribution >= 4 is 17.3 Å². The van der Waals surface area contributed by atoms with Gasteiger partial charge in [0.1, 0.15) is 18.1 Å². The van der Waals surface area contributed by atoms with E-state index in [0.717, 1.165) is 19.3 Å². The lowest BCUT2D eigenvalue weighted by molar-refractivity contribution is -0.385. The van der Waals surface area contributed by atoms with E-state index in [0.29, 0.717) is 5.82 Å². The highest BCUT2D eigenvalue weighted by atomic mass is 16.6. The molecule has 2 atom stereocenters. The minimum Gasteiger partial charge on any atom is -0.335 e. The van der Waals surface area contributed by atoms with Gasteiger partial charge in [-0.3, -0.25) is 14.9 Å². The van der Waals surface area contributed by atoms with Crippen LogP contribution in [0.25, 0.3) is 0 Å². The quantitative estimate of drug-likeness (QED) is 0.568. The lowest BCUT2D eigenvalue weighted by Gasteiger charge is -2.54. The minimum absolute atomic E-state index is 0.00398. The van der Waals surface area contributed by atoms with E-state index in [9.17, 15) is 14.9 Å². The van der Waals surface area contributed by atoms with Gasteiger partial charge in [0.2, 0.25) is 0 Å². The van der Waals surface area contributed by atoms with E-state index < -0.39 is 4.92 Å². The number of rotatable bonds is 2. The average molecular weight is 377 g/mol. The van der Waals surface area contributed by atoms with Gasteiger partial charge < -0.3 is 4.90 Å². The Kier molecular flexibility index (Phi) is 3.96. The molecule has 5 rings (SSSR count). The maximum Gasteiger partial charge on any atom is 0.287 e. The van der Waals surface area contributed by atoms with Crippen molar-refractivity contribution < 1.29 is 9.72 Å². The summed E-state index contributed by atoms with van der Waals surface area (Å²) in [5, 5.41) is 11.0. The second kappa shape index (κ2) is 6.40. The van der Waals surface area contributed by atoms with Crippen LogP contribution in [0.3, 0.4) is 0 Å². The zero-order chi connectivity index (χ0) is 19.3. The zero-order valence-corrected chi connectivity index (χ0v) is 15.7. The largest absolute Gasteiger partial charge is 0.335 e. The van der Waals surface area contributed by atoms with Gasteiger partial charge in [-0.2, -0.15) is 0 Å². The Bertz CT molecular complexity index is 921. The van der Waals surface area contributed by atoms with Crippen LogP contribution in [0.2, 0.25) is 0 Å². The normalized spacial score (nSPS) is 27.9. The fourth-order valence-corrected chi connectivity index (χ4v) is 5.72. The first-order chi connectivity index (χ1) is 13.6.